The van der Waals surface area contributed by atoms with Gasteiger partial charge in [0, 0.05) is 12.7 Å². The van der Waals surface area contributed by atoms with Crippen molar-refractivity contribution in [2.45, 2.75) is 0 Å². The molecule has 4 nitrogen and oxygen atoms in total. The second kappa shape index (κ2) is 5.36. The third-order valence-corrected chi connectivity index (χ3v) is 1.86. The molecule has 15 heavy (non-hydrogen) atoms. The van der Waals surface area contributed by atoms with E-state index in [-0.39, 0.29) is 12.8 Å². The van der Waals surface area contributed by atoms with Crippen LogP contribution in [0.3, 0.4) is 0 Å². The lowest BCUT2D eigenvalue weighted by atomic mass is 10.3. The van der Waals surface area contributed by atoms with Gasteiger partial charge in [-0.2, -0.15) is 0 Å². The molecule has 0 fully saturated rings. The summed E-state index contributed by atoms with van der Waals surface area (Å²) in [6.07, 6.45) is -0.352. The summed E-state index contributed by atoms with van der Waals surface area (Å²) in [4.78, 5) is 14.8. The quantitative estimate of drug-likeness (QED) is 0.710. The zero-order chi connectivity index (χ0) is 11.3. The Hall–Kier alpha value is -1.55. The van der Waals surface area contributed by atoms with Gasteiger partial charge in [0.1, 0.15) is 6.73 Å². The monoisotopic (exact) mass is 208 g/mol. The van der Waals surface area contributed by atoms with E-state index >= 15 is 0 Å². The molecule has 0 aliphatic heterocycles. The standard InChI is InChI=1S/C11H16N2O2/c1-12(2)9-15-11(14)13(3)10-7-5-4-6-8-10/h4-8H,9H2,1-3H3. The van der Waals surface area contributed by atoms with Crippen molar-refractivity contribution >= 4 is 11.8 Å². The van der Waals surface area contributed by atoms with E-state index in [0.717, 1.165) is 5.69 Å². The van der Waals surface area contributed by atoms with Gasteiger partial charge in [0.15, 0.2) is 0 Å². The zero-order valence-electron chi connectivity index (χ0n) is 9.30. The smallest absolute Gasteiger partial charge is 0.415 e. The first-order valence-electron chi connectivity index (χ1n) is 4.71. The van der Waals surface area contributed by atoms with E-state index in [1.165, 1.54) is 4.90 Å². The van der Waals surface area contributed by atoms with Crippen LogP contribution in [0.2, 0.25) is 0 Å². The average Bonchev–Trinajstić information content (AvgIpc) is 2.26. The fourth-order valence-electron chi connectivity index (χ4n) is 1.04. The van der Waals surface area contributed by atoms with E-state index in [0.29, 0.717) is 0 Å². The van der Waals surface area contributed by atoms with Gasteiger partial charge in [-0.25, -0.2) is 4.79 Å². The molecule has 0 radical (unpaired) electrons. The Morgan fingerprint density at radius 3 is 2.33 bits per heavy atom. The largest absolute Gasteiger partial charge is 0.433 e. The van der Waals surface area contributed by atoms with Gasteiger partial charge in [0.2, 0.25) is 0 Å². The van der Waals surface area contributed by atoms with Crippen LogP contribution in [0.25, 0.3) is 0 Å². The lowest BCUT2D eigenvalue weighted by Gasteiger charge is -2.18. The molecule has 1 rings (SSSR count). The van der Waals surface area contributed by atoms with Crippen LogP contribution in [0.1, 0.15) is 0 Å². The van der Waals surface area contributed by atoms with Crippen LogP contribution in [-0.4, -0.2) is 38.9 Å². The molecule has 0 bridgehead atoms. The van der Waals surface area contributed by atoms with Gasteiger partial charge < -0.3 is 4.74 Å². The van der Waals surface area contributed by atoms with Crippen LogP contribution in [0.5, 0.6) is 0 Å². The predicted octanol–water partition coefficient (Wildman–Crippen LogP) is 1.78. The van der Waals surface area contributed by atoms with Crippen LogP contribution >= 0.6 is 0 Å². The number of para-hydroxylation sites is 1. The topological polar surface area (TPSA) is 32.8 Å². The summed E-state index contributed by atoms with van der Waals surface area (Å²) >= 11 is 0. The van der Waals surface area contributed by atoms with E-state index in [2.05, 4.69) is 0 Å². The molecule has 0 aliphatic carbocycles. The van der Waals surface area contributed by atoms with Crippen molar-refractivity contribution in [1.29, 1.82) is 0 Å². The molecule has 0 N–H and O–H groups in total. The van der Waals surface area contributed by atoms with Crippen molar-refractivity contribution in [1.82, 2.24) is 4.90 Å². The third-order valence-electron chi connectivity index (χ3n) is 1.86. The molecule has 0 aromatic heterocycles. The molecule has 0 atom stereocenters. The number of hydrogen-bond acceptors (Lipinski definition) is 3. The molecular formula is C11H16N2O2. The normalized spacial score (nSPS) is 10.1. The molecule has 1 aromatic rings. The van der Waals surface area contributed by atoms with Crippen molar-refractivity contribution in [3.05, 3.63) is 30.3 Å². The second-order valence-corrected chi connectivity index (χ2v) is 3.51. The highest BCUT2D eigenvalue weighted by atomic mass is 16.6. The zero-order valence-corrected chi connectivity index (χ0v) is 9.30. The first-order valence-corrected chi connectivity index (χ1v) is 4.71. The lowest BCUT2D eigenvalue weighted by Crippen LogP contribution is -2.30. The van der Waals surface area contributed by atoms with Crippen LogP contribution in [0.4, 0.5) is 10.5 Å². The summed E-state index contributed by atoms with van der Waals surface area (Å²) in [5, 5.41) is 0. The third kappa shape index (κ3) is 3.59. The Morgan fingerprint density at radius 2 is 1.80 bits per heavy atom. The summed E-state index contributed by atoms with van der Waals surface area (Å²) in [6.45, 7) is 0.288. The van der Waals surface area contributed by atoms with Crippen molar-refractivity contribution in [3.63, 3.8) is 0 Å². The van der Waals surface area contributed by atoms with E-state index in [1.807, 2.05) is 44.4 Å². The molecule has 82 valence electrons. The summed E-state index contributed by atoms with van der Waals surface area (Å²) in [7, 11) is 5.37. The van der Waals surface area contributed by atoms with Gasteiger partial charge in [0.25, 0.3) is 0 Å². The number of rotatable bonds is 3. The summed E-state index contributed by atoms with van der Waals surface area (Å²) in [6, 6.07) is 9.38. The molecule has 1 aromatic carbocycles. The predicted molar refractivity (Wildman–Crippen MR) is 59.9 cm³/mol. The molecule has 0 unspecified atom stereocenters. The fraction of sp³-hybridized carbons (Fsp3) is 0.364. The Balaban J connectivity index is 2.54. The van der Waals surface area contributed by atoms with E-state index in [9.17, 15) is 4.79 Å². The lowest BCUT2D eigenvalue weighted by molar-refractivity contribution is 0.102. The highest BCUT2D eigenvalue weighted by molar-refractivity contribution is 5.86. The van der Waals surface area contributed by atoms with Gasteiger partial charge in [-0.05, 0) is 26.2 Å². The molecule has 0 heterocycles. The minimum Gasteiger partial charge on any atom is -0.433 e. The van der Waals surface area contributed by atoms with Gasteiger partial charge >= 0.3 is 6.09 Å². The van der Waals surface area contributed by atoms with Crippen LogP contribution in [0, 0.1) is 0 Å². The molecule has 1 amide bonds. The Labute approximate surface area is 90.1 Å². The van der Waals surface area contributed by atoms with Gasteiger partial charge in [-0.1, -0.05) is 18.2 Å². The van der Waals surface area contributed by atoms with Gasteiger partial charge in [0.05, 0.1) is 0 Å². The number of amides is 1. The summed E-state index contributed by atoms with van der Waals surface area (Å²) in [5.41, 5.74) is 0.821. The Kier molecular flexibility index (Phi) is 4.12. The number of nitrogens with zero attached hydrogens (tertiary/aromatic N) is 2. The fourth-order valence-corrected chi connectivity index (χ4v) is 1.04. The number of benzene rings is 1. The highest BCUT2D eigenvalue weighted by Crippen LogP contribution is 2.11. The minimum absolute atomic E-state index is 0.288. The Bertz CT molecular complexity index is 312. The van der Waals surface area contributed by atoms with E-state index in [1.54, 1.807) is 11.9 Å². The second-order valence-electron chi connectivity index (χ2n) is 3.51. The summed E-state index contributed by atoms with van der Waals surface area (Å²) in [5.74, 6) is 0. The molecule has 0 saturated carbocycles. The molecule has 0 saturated heterocycles. The molecule has 4 heteroatoms. The SMILES string of the molecule is CN(C)COC(=O)N(C)c1ccccc1. The first-order chi connectivity index (χ1) is 7.11. The molecular weight excluding hydrogens is 192 g/mol. The number of carbonyl (C=O) groups is 1. The van der Waals surface area contributed by atoms with E-state index in [4.69, 9.17) is 4.74 Å². The maximum absolute atomic E-state index is 11.5. The highest BCUT2D eigenvalue weighted by Gasteiger charge is 2.11. The van der Waals surface area contributed by atoms with Crippen LogP contribution < -0.4 is 4.90 Å². The Morgan fingerprint density at radius 1 is 1.20 bits per heavy atom. The number of ether oxygens (including phenoxy) is 1. The maximum atomic E-state index is 11.5. The number of carbonyl (C=O) groups excluding carboxylic acids is 1. The minimum atomic E-state index is -0.352. The summed E-state index contributed by atoms with van der Waals surface area (Å²) < 4.78 is 5.03. The van der Waals surface area contributed by atoms with Crippen molar-refractivity contribution < 1.29 is 9.53 Å². The van der Waals surface area contributed by atoms with Gasteiger partial charge in [-0.3, -0.25) is 9.80 Å². The maximum Gasteiger partial charge on any atom is 0.415 e. The van der Waals surface area contributed by atoms with Crippen molar-refractivity contribution in [3.8, 4) is 0 Å². The first kappa shape index (κ1) is 11.5. The van der Waals surface area contributed by atoms with E-state index < -0.39 is 0 Å². The van der Waals surface area contributed by atoms with Crippen LogP contribution in [0.15, 0.2) is 30.3 Å². The van der Waals surface area contributed by atoms with Crippen LogP contribution in [-0.2, 0) is 4.74 Å². The van der Waals surface area contributed by atoms with Gasteiger partial charge in [-0.15, -0.1) is 0 Å². The number of hydrogen-bond donors (Lipinski definition) is 0. The number of anilines is 1. The van der Waals surface area contributed by atoms with Crippen molar-refractivity contribution in [2.75, 3.05) is 32.8 Å². The molecule has 0 spiro atoms. The van der Waals surface area contributed by atoms with Crippen molar-refractivity contribution in [2.24, 2.45) is 0 Å². The molecule has 0 aliphatic rings. The average molecular weight is 208 g/mol.